The Labute approximate surface area is 134 Å². The van der Waals surface area contributed by atoms with Crippen molar-refractivity contribution in [3.05, 3.63) is 57.2 Å². The number of nitro benzene ring substituents is 1. The van der Waals surface area contributed by atoms with Crippen molar-refractivity contribution < 1.29 is 9.45 Å². The Morgan fingerprint density at radius 1 is 1.43 bits per heavy atom. The van der Waals surface area contributed by atoms with Gasteiger partial charge in [0.05, 0.1) is 27.6 Å². The van der Waals surface area contributed by atoms with Crippen LogP contribution in [0.15, 0.2) is 40.2 Å². The molecule has 0 bridgehead atoms. The summed E-state index contributed by atoms with van der Waals surface area (Å²) in [4.78, 5) is 15.3. The van der Waals surface area contributed by atoms with Crippen LogP contribution in [0.2, 0.25) is 0 Å². The molecule has 0 atom stereocenters. The van der Waals surface area contributed by atoms with Crippen molar-refractivity contribution in [3.63, 3.8) is 0 Å². The number of nitriles is 1. The Balaban J connectivity index is 1.74. The fourth-order valence-corrected chi connectivity index (χ4v) is 2.54. The number of anilines is 1. The molecule has 0 amide bonds. The lowest BCUT2D eigenvalue weighted by atomic mass is 10.1. The second-order valence-corrected chi connectivity index (χ2v) is 5.39. The maximum absolute atomic E-state index is 10.7. The second-order valence-electron chi connectivity index (χ2n) is 4.45. The van der Waals surface area contributed by atoms with Crippen LogP contribution in [0, 0.1) is 21.4 Å². The number of nitrogens with one attached hydrogen (secondary N) is 1. The van der Waals surface area contributed by atoms with Gasteiger partial charge in [-0.15, -0.1) is 11.3 Å². The maximum atomic E-state index is 10.7. The van der Waals surface area contributed by atoms with Crippen molar-refractivity contribution in [2.24, 2.45) is 0 Å². The molecule has 3 aromatic rings. The van der Waals surface area contributed by atoms with Crippen molar-refractivity contribution in [1.82, 2.24) is 10.1 Å². The van der Waals surface area contributed by atoms with E-state index in [1.165, 1.54) is 29.5 Å². The number of aromatic nitrogens is 2. The van der Waals surface area contributed by atoms with E-state index in [1.54, 1.807) is 0 Å². The highest BCUT2D eigenvalue weighted by Crippen LogP contribution is 2.24. The standard InChI is InChI=1S/C14H9N5O3S/c15-7-9-6-10(19(20)21)3-4-11(9)16-8-13-17-14(22-18-13)12-2-1-5-23-12/h1-6,16H,8H2. The molecule has 2 heterocycles. The number of nitrogens with zero attached hydrogens (tertiary/aromatic N) is 4. The highest BCUT2D eigenvalue weighted by molar-refractivity contribution is 7.13. The van der Waals surface area contributed by atoms with Gasteiger partial charge in [0.25, 0.3) is 11.6 Å². The van der Waals surface area contributed by atoms with Gasteiger partial charge in [-0.2, -0.15) is 10.2 Å². The van der Waals surface area contributed by atoms with Crippen LogP contribution in [0.25, 0.3) is 10.8 Å². The minimum absolute atomic E-state index is 0.133. The molecule has 2 aromatic heterocycles. The minimum atomic E-state index is -0.545. The first kappa shape index (κ1) is 14.7. The topological polar surface area (TPSA) is 118 Å². The number of nitro groups is 1. The summed E-state index contributed by atoms with van der Waals surface area (Å²) in [6.45, 7) is 0.237. The van der Waals surface area contributed by atoms with Gasteiger partial charge >= 0.3 is 0 Å². The van der Waals surface area contributed by atoms with Gasteiger partial charge in [-0.1, -0.05) is 11.2 Å². The normalized spacial score (nSPS) is 10.2. The molecule has 0 aliphatic heterocycles. The number of hydrogen-bond acceptors (Lipinski definition) is 8. The van der Waals surface area contributed by atoms with Gasteiger partial charge < -0.3 is 9.84 Å². The van der Waals surface area contributed by atoms with Gasteiger partial charge in [-0.25, -0.2) is 0 Å². The van der Waals surface area contributed by atoms with Crippen molar-refractivity contribution in [1.29, 1.82) is 5.26 Å². The highest BCUT2D eigenvalue weighted by atomic mass is 32.1. The zero-order valence-corrected chi connectivity index (χ0v) is 12.4. The third kappa shape index (κ3) is 3.17. The number of benzene rings is 1. The molecule has 0 aliphatic rings. The van der Waals surface area contributed by atoms with Gasteiger partial charge in [0.1, 0.15) is 6.07 Å². The fourth-order valence-electron chi connectivity index (χ4n) is 1.89. The summed E-state index contributed by atoms with van der Waals surface area (Å²) in [7, 11) is 0. The van der Waals surface area contributed by atoms with E-state index in [2.05, 4.69) is 15.5 Å². The first-order chi connectivity index (χ1) is 11.2. The van der Waals surface area contributed by atoms with E-state index in [9.17, 15) is 10.1 Å². The monoisotopic (exact) mass is 327 g/mol. The third-order valence-corrected chi connectivity index (χ3v) is 3.83. The van der Waals surface area contributed by atoms with E-state index in [0.717, 1.165) is 4.88 Å². The van der Waals surface area contributed by atoms with Crippen molar-refractivity contribution in [2.45, 2.75) is 6.54 Å². The third-order valence-electron chi connectivity index (χ3n) is 2.97. The average Bonchev–Trinajstić information content (AvgIpc) is 3.23. The van der Waals surface area contributed by atoms with Gasteiger partial charge in [0.15, 0.2) is 5.82 Å². The van der Waals surface area contributed by atoms with Gasteiger partial charge in [-0.3, -0.25) is 10.1 Å². The molecular weight excluding hydrogens is 318 g/mol. The van der Waals surface area contributed by atoms with Crippen molar-refractivity contribution >= 4 is 22.7 Å². The van der Waals surface area contributed by atoms with E-state index < -0.39 is 4.92 Å². The van der Waals surface area contributed by atoms with E-state index in [-0.39, 0.29) is 17.8 Å². The molecule has 0 aliphatic carbocycles. The van der Waals surface area contributed by atoms with Gasteiger partial charge in [-0.05, 0) is 17.5 Å². The molecule has 0 saturated carbocycles. The summed E-state index contributed by atoms with van der Waals surface area (Å²) in [6, 6.07) is 9.72. The Bertz CT molecular complexity index is 882. The Morgan fingerprint density at radius 2 is 2.30 bits per heavy atom. The second kappa shape index (κ2) is 6.25. The van der Waals surface area contributed by atoms with Crippen molar-refractivity contribution in [2.75, 3.05) is 5.32 Å². The van der Waals surface area contributed by atoms with Crippen LogP contribution >= 0.6 is 11.3 Å². The Kier molecular flexibility index (Phi) is 3.99. The molecule has 8 nitrogen and oxygen atoms in total. The quantitative estimate of drug-likeness (QED) is 0.564. The van der Waals surface area contributed by atoms with Crippen LogP contribution in [0.5, 0.6) is 0 Å². The predicted molar refractivity (Wildman–Crippen MR) is 82.7 cm³/mol. The molecule has 0 radical (unpaired) electrons. The molecule has 0 fully saturated rings. The first-order valence-corrected chi connectivity index (χ1v) is 7.34. The Morgan fingerprint density at radius 3 is 3.00 bits per heavy atom. The molecule has 0 spiro atoms. The average molecular weight is 327 g/mol. The fraction of sp³-hybridized carbons (Fsp3) is 0.0714. The van der Waals surface area contributed by atoms with Crippen LogP contribution in [0.1, 0.15) is 11.4 Å². The summed E-state index contributed by atoms with van der Waals surface area (Å²) in [6.07, 6.45) is 0. The van der Waals surface area contributed by atoms with Crippen LogP contribution in [0.4, 0.5) is 11.4 Å². The molecule has 1 N–H and O–H groups in total. The largest absolute Gasteiger partial charge is 0.377 e. The highest BCUT2D eigenvalue weighted by Gasteiger charge is 2.12. The van der Waals surface area contributed by atoms with Crippen LogP contribution in [-0.4, -0.2) is 15.1 Å². The summed E-state index contributed by atoms with van der Waals surface area (Å²) >= 11 is 1.49. The number of thiophene rings is 1. The van der Waals surface area contributed by atoms with E-state index >= 15 is 0 Å². The van der Waals surface area contributed by atoms with E-state index in [0.29, 0.717) is 17.4 Å². The zero-order valence-electron chi connectivity index (χ0n) is 11.6. The lowest BCUT2D eigenvalue weighted by molar-refractivity contribution is -0.384. The minimum Gasteiger partial charge on any atom is -0.377 e. The molecule has 114 valence electrons. The maximum Gasteiger partial charge on any atom is 0.270 e. The summed E-state index contributed by atoms with van der Waals surface area (Å²) in [5, 5.41) is 28.6. The van der Waals surface area contributed by atoms with Crippen LogP contribution < -0.4 is 5.32 Å². The van der Waals surface area contributed by atoms with Crippen LogP contribution in [-0.2, 0) is 6.54 Å². The molecule has 23 heavy (non-hydrogen) atoms. The lowest BCUT2D eigenvalue weighted by Gasteiger charge is -2.05. The SMILES string of the molecule is N#Cc1cc([N+](=O)[O-])ccc1NCc1noc(-c2cccs2)n1. The van der Waals surface area contributed by atoms with Gasteiger partial charge in [0.2, 0.25) is 0 Å². The lowest BCUT2D eigenvalue weighted by Crippen LogP contribution is -2.03. The van der Waals surface area contributed by atoms with Crippen molar-refractivity contribution in [3.8, 4) is 16.8 Å². The zero-order chi connectivity index (χ0) is 16.2. The summed E-state index contributed by atoms with van der Waals surface area (Å²) in [5.41, 5.74) is 0.522. The first-order valence-electron chi connectivity index (χ1n) is 6.46. The number of rotatable bonds is 5. The Hall–Kier alpha value is -3.25. The molecule has 0 saturated heterocycles. The molecule has 0 unspecified atom stereocenters. The van der Waals surface area contributed by atoms with Crippen LogP contribution in [0.3, 0.4) is 0 Å². The number of hydrogen-bond donors (Lipinski definition) is 1. The summed E-state index contributed by atoms with van der Waals surface area (Å²) < 4.78 is 5.16. The molecule has 9 heteroatoms. The number of non-ortho nitro benzene ring substituents is 1. The van der Waals surface area contributed by atoms with Gasteiger partial charge in [0, 0.05) is 12.1 Å². The predicted octanol–water partition coefficient (Wildman–Crippen LogP) is 3.19. The van der Waals surface area contributed by atoms with E-state index in [1.807, 2.05) is 23.6 Å². The molecule has 3 rings (SSSR count). The molecular formula is C14H9N5O3S. The summed E-state index contributed by atoms with van der Waals surface area (Å²) in [5.74, 6) is 0.858. The smallest absolute Gasteiger partial charge is 0.270 e. The van der Waals surface area contributed by atoms with E-state index in [4.69, 9.17) is 9.78 Å². The molecule has 1 aromatic carbocycles.